The summed E-state index contributed by atoms with van der Waals surface area (Å²) in [5.74, 6) is 1.07. The van der Waals surface area contributed by atoms with Gasteiger partial charge in [0.2, 0.25) is 10.0 Å². The highest BCUT2D eigenvalue weighted by Gasteiger charge is 2.31. The normalized spacial score (nSPS) is 19.0. The lowest BCUT2D eigenvalue weighted by Crippen LogP contribution is -2.42. The lowest BCUT2D eigenvalue weighted by Gasteiger charge is -2.34. The molecule has 1 aliphatic heterocycles. The Morgan fingerprint density at radius 2 is 1.69 bits per heavy atom. The van der Waals surface area contributed by atoms with E-state index in [9.17, 15) is 13.2 Å². The number of anilines is 1. The fraction of sp³-hybridized carbons (Fsp3) is 0.259. The molecule has 1 amide bonds. The summed E-state index contributed by atoms with van der Waals surface area (Å²) in [4.78, 5) is 21.0. The van der Waals surface area contributed by atoms with Crippen LogP contribution in [0.3, 0.4) is 0 Å². The zero-order chi connectivity index (χ0) is 24.6. The number of benzene rings is 3. The van der Waals surface area contributed by atoms with Crippen LogP contribution in [0.5, 0.6) is 0 Å². The van der Waals surface area contributed by atoms with Crippen molar-refractivity contribution in [1.29, 1.82) is 0 Å². The fourth-order valence-electron chi connectivity index (χ4n) is 4.77. The monoisotopic (exact) mass is 488 g/mol. The first-order valence-electron chi connectivity index (χ1n) is 11.8. The van der Waals surface area contributed by atoms with E-state index >= 15 is 0 Å². The molecular formula is C27H28N4O3S. The minimum Gasteiger partial charge on any atom is -0.338 e. The second-order valence-corrected chi connectivity index (χ2v) is 11.4. The molecular weight excluding hydrogens is 460 g/mol. The van der Waals surface area contributed by atoms with E-state index < -0.39 is 10.0 Å². The van der Waals surface area contributed by atoms with Crippen molar-refractivity contribution in [1.82, 2.24) is 14.3 Å². The molecule has 2 unspecified atom stereocenters. The zero-order valence-electron chi connectivity index (χ0n) is 19.7. The Kier molecular flexibility index (Phi) is 6.17. The van der Waals surface area contributed by atoms with Crippen molar-refractivity contribution in [2.75, 3.05) is 18.4 Å². The van der Waals surface area contributed by atoms with Crippen molar-refractivity contribution in [3.05, 3.63) is 78.4 Å². The van der Waals surface area contributed by atoms with Crippen molar-refractivity contribution in [2.45, 2.75) is 25.2 Å². The Morgan fingerprint density at radius 1 is 0.971 bits per heavy atom. The molecule has 35 heavy (non-hydrogen) atoms. The van der Waals surface area contributed by atoms with Crippen LogP contribution in [0.1, 0.15) is 30.6 Å². The molecule has 0 saturated carbocycles. The van der Waals surface area contributed by atoms with Crippen LogP contribution in [-0.4, -0.2) is 41.7 Å². The van der Waals surface area contributed by atoms with E-state index in [1.54, 1.807) is 16.4 Å². The molecule has 5 rings (SSSR count). The Bertz CT molecular complexity index is 1430. The van der Waals surface area contributed by atoms with Crippen molar-refractivity contribution >= 4 is 32.7 Å². The van der Waals surface area contributed by atoms with Gasteiger partial charge in [-0.05, 0) is 66.8 Å². The largest absolute Gasteiger partial charge is 0.338 e. The fourth-order valence-corrected chi connectivity index (χ4v) is 6.45. The standard InChI is InChI=1S/C27H28N4O3S/c1-18-14-19(2)17-31(16-18)35(33,34)23-12-10-20(11-13-23)27(32)28-22-7-5-6-21(15-22)26-29-24-8-3-4-9-25(24)30-26/h3-13,15,18-19H,14,16-17H2,1-2H3,(H,28,32)(H,29,30). The van der Waals surface area contributed by atoms with Gasteiger partial charge in [-0.1, -0.05) is 38.1 Å². The third-order valence-electron chi connectivity index (χ3n) is 6.37. The van der Waals surface area contributed by atoms with Gasteiger partial charge in [0.05, 0.1) is 15.9 Å². The highest BCUT2D eigenvalue weighted by molar-refractivity contribution is 7.89. The van der Waals surface area contributed by atoms with Crippen LogP contribution < -0.4 is 5.32 Å². The van der Waals surface area contributed by atoms with E-state index in [4.69, 9.17) is 0 Å². The van der Waals surface area contributed by atoms with Crippen molar-refractivity contribution in [3.8, 4) is 11.4 Å². The number of imidazole rings is 1. The maximum Gasteiger partial charge on any atom is 0.255 e. The van der Waals surface area contributed by atoms with Gasteiger partial charge in [0.25, 0.3) is 5.91 Å². The summed E-state index contributed by atoms with van der Waals surface area (Å²) in [5.41, 5.74) is 3.69. The van der Waals surface area contributed by atoms with Gasteiger partial charge in [-0.25, -0.2) is 13.4 Å². The number of hydrogen-bond acceptors (Lipinski definition) is 4. The highest BCUT2D eigenvalue weighted by atomic mass is 32.2. The first-order valence-corrected chi connectivity index (χ1v) is 13.2. The number of H-pyrrole nitrogens is 1. The topological polar surface area (TPSA) is 95.2 Å². The number of sulfonamides is 1. The van der Waals surface area contributed by atoms with Gasteiger partial charge in [-0.3, -0.25) is 4.79 Å². The van der Waals surface area contributed by atoms with Crippen LogP contribution in [0.25, 0.3) is 22.4 Å². The average Bonchev–Trinajstić information content (AvgIpc) is 3.28. The van der Waals surface area contributed by atoms with Gasteiger partial charge in [-0.15, -0.1) is 0 Å². The second kappa shape index (κ2) is 9.28. The number of amides is 1. The van der Waals surface area contributed by atoms with Crippen LogP contribution >= 0.6 is 0 Å². The number of nitrogens with zero attached hydrogens (tertiary/aromatic N) is 2. The zero-order valence-corrected chi connectivity index (χ0v) is 20.5. The Balaban J connectivity index is 1.31. The number of aromatic nitrogens is 2. The van der Waals surface area contributed by atoms with E-state index in [-0.39, 0.29) is 10.8 Å². The molecule has 8 heteroatoms. The van der Waals surface area contributed by atoms with Crippen molar-refractivity contribution in [2.24, 2.45) is 11.8 Å². The molecule has 1 aromatic heterocycles. The number of piperidine rings is 1. The van der Waals surface area contributed by atoms with Crippen LogP contribution in [0.15, 0.2) is 77.7 Å². The number of rotatable bonds is 5. The number of carbonyl (C=O) groups excluding carboxylic acids is 1. The Morgan fingerprint density at radius 3 is 2.40 bits per heavy atom. The first-order chi connectivity index (χ1) is 16.8. The van der Waals surface area contributed by atoms with Gasteiger partial charge in [-0.2, -0.15) is 4.31 Å². The lowest BCUT2D eigenvalue weighted by molar-refractivity contribution is 0.102. The predicted molar refractivity (Wildman–Crippen MR) is 138 cm³/mol. The molecule has 0 spiro atoms. The van der Waals surface area contributed by atoms with Crippen LogP contribution in [0.2, 0.25) is 0 Å². The van der Waals surface area contributed by atoms with Gasteiger partial charge in [0, 0.05) is 29.9 Å². The third kappa shape index (κ3) is 4.85. The lowest BCUT2D eigenvalue weighted by atomic mass is 9.94. The molecule has 0 aliphatic carbocycles. The molecule has 0 radical (unpaired) electrons. The van der Waals surface area contributed by atoms with Crippen LogP contribution in [-0.2, 0) is 10.0 Å². The minimum atomic E-state index is -3.59. The van der Waals surface area contributed by atoms with Crippen LogP contribution in [0.4, 0.5) is 5.69 Å². The number of aromatic amines is 1. The Labute approximate surface area is 205 Å². The molecule has 1 fully saturated rings. The summed E-state index contributed by atoms with van der Waals surface area (Å²) in [6.45, 7) is 5.20. The SMILES string of the molecule is CC1CC(C)CN(S(=O)(=O)c2ccc(C(=O)Nc3cccc(-c4nc5ccccc5[nH]4)c3)cc2)C1. The molecule has 180 valence electrons. The summed E-state index contributed by atoms with van der Waals surface area (Å²) < 4.78 is 27.8. The number of para-hydroxylation sites is 2. The van der Waals surface area contributed by atoms with E-state index in [1.807, 2.05) is 48.5 Å². The second-order valence-electron chi connectivity index (χ2n) is 9.43. The highest BCUT2D eigenvalue weighted by Crippen LogP contribution is 2.27. The molecule has 2 heterocycles. The Hall–Kier alpha value is -3.49. The van der Waals surface area contributed by atoms with Gasteiger partial charge in [0.1, 0.15) is 5.82 Å². The van der Waals surface area contributed by atoms with E-state index in [2.05, 4.69) is 29.1 Å². The van der Waals surface area contributed by atoms with Crippen LogP contribution in [0, 0.1) is 11.8 Å². The van der Waals surface area contributed by atoms with Crippen molar-refractivity contribution in [3.63, 3.8) is 0 Å². The molecule has 2 atom stereocenters. The summed E-state index contributed by atoms with van der Waals surface area (Å²) in [7, 11) is -3.59. The van der Waals surface area contributed by atoms with Gasteiger partial charge in [0.15, 0.2) is 0 Å². The molecule has 1 aliphatic rings. The molecule has 1 saturated heterocycles. The molecule has 3 aromatic carbocycles. The summed E-state index contributed by atoms with van der Waals surface area (Å²) in [5, 5.41) is 2.89. The number of hydrogen-bond donors (Lipinski definition) is 2. The van der Waals surface area contributed by atoms with Gasteiger partial charge >= 0.3 is 0 Å². The number of nitrogens with one attached hydrogen (secondary N) is 2. The number of fused-ring (bicyclic) bond motifs is 1. The first kappa shape index (κ1) is 23.3. The van der Waals surface area contributed by atoms with Crippen molar-refractivity contribution < 1.29 is 13.2 Å². The average molecular weight is 489 g/mol. The molecule has 0 bridgehead atoms. The molecule has 7 nitrogen and oxygen atoms in total. The summed E-state index contributed by atoms with van der Waals surface area (Å²) >= 11 is 0. The van der Waals surface area contributed by atoms with Gasteiger partial charge < -0.3 is 10.3 Å². The minimum absolute atomic E-state index is 0.210. The molecule has 4 aromatic rings. The van der Waals surface area contributed by atoms with E-state index in [0.29, 0.717) is 36.2 Å². The third-order valence-corrected chi connectivity index (χ3v) is 8.22. The van der Waals surface area contributed by atoms with E-state index in [0.717, 1.165) is 28.8 Å². The molecule has 2 N–H and O–H groups in total. The maximum absolute atomic E-state index is 13.1. The predicted octanol–water partition coefficient (Wildman–Crippen LogP) is 5.15. The summed E-state index contributed by atoms with van der Waals surface area (Å²) in [6, 6.07) is 21.4. The smallest absolute Gasteiger partial charge is 0.255 e. The quantitative estimate of drug-likeness (QED) is 0.406. The van der Waals surface area contributed by atoms with E-state index in [1.165, 1.54) is 12.1 Å². The number of carbonyl (C=O) groups is 1. The summed E-state index contributed by atoms with van der Waals surface area (Å²) in [6.07, 6.45) is 1.03. The maximum atomic E-state index is 13.1.